The molecule has 8 heteroatoms. The van der Waals surface area contributed by atoms with Crippen LogP contribution in [0.3, 0.4) is 0 Å². The highest BCUT2D eigenvalue weighted by atomic mass is 16.5. The lowest BCUT2D eigenvalue weighted by atomic mass is 10.0. The number of ether oxygens (including phenoxy) is 1. The first kappa shape index (κ1) is 24.6. The molecule has 0 saturated heterocycles. The zero-order valence-corrected chi connectivity index (χ0v) is 19.9. The molecule has 1 amide bonds. The first-order valence-electron chi connectivity index (χ1n) is 11.5. The van der Waals surface area contributed by atoms with Crippen LogP contribution in [-0.2, 0) is 6.42 Å². The number of carbonyl (C=O) groups excluding carboxylic acids is 1. The second-order valence-corrected chi connectivity index (χ2v) is 8.51. The number of aliphatic hydroxyl groups excluding tert-OH is 1. The van der Waals surface area contributed by atoms with Crippen molar-refractivity contribution in [1.29, 1.82) is 0 Å². The lowest BCUT2D eigenvalue weighted by Gasteiger charge is -2.19. The van der Waals surface area contributed by atoms with E-state index < -0.39 is 17.9 Å². The van der Waals surface area contributed by atoms with Crippen molar-refractivity contribution < 1.29 is 29.0 Å². The molecule has 36 heavy (non-hydrogen) atoms. The van der Waals surface area contributed by atoms with E-state index in [0.29, 0.717) is 17.7 Å². The second-order valence-electron chi connectivity index (χ2n) is 8.51. The molecule has 2 aromatic carbocycles. The minimum atomic E-state index is -1.18. The van der Waals surface area contributed by atoms with Crippen LogP contribution in [0.1, 0.15) is 51.6 Å². The van der Waals surface area contributed by atoms with Gasteiger partial charge in [-0.2, -0.15) is 0 Å². The Bertz CT molecular complexity index is 1450. The average Bonchev–Trinajstić information content (AvgIpc) is 3.50. The molecule has 0 aliphatic carbocycles. The van der Waals surface area contributed by atoms with Crippen LogP contribution in [0, 0.1) is 11.8 Å². The Hall–Kier alpha value is -4.48. The molecule has 0 radical (unpaired) electrons. The van der Waals surface area contributed by atoms with Crippen LogP contribution in [0.4, 0.5) is 0 Å². The van der Waals surface area contributed by atoms with E-state index in [9.17, 15) is 14.7 Å². The lowest BCUT2D eigenvalue weighted by molar-refractivity contribution is 0.0661. The fourth-order valence-corrected chi connectivity index (χ4v) is 3.79. The molecule has 0 aliphatic rings. The summed E-state index contributed by atoms with van der Waals surface area (Å²) in [5.41, 5.74) is 2.77. The second kappa shape index (κ2) is 10.8. The summed E-state index contributed by atoms with van der Waals surface area (Å²) in [6, 6.07) is 15.1. The van der Waals surface area contributed by atoms with Gasteiger partial charge in [0.1, 0.15) is 5.75 Å². The molecule has 1 atom stereocenters. The van der Waals surface area contributed by atoms with Crippen molar-refractivity contribution in [2.45, 2.75) is 32.4 Å². The van der Waals surface area contributed by atoms with Gasteiger partial charge in [0, 0.05) is 22.7 Å². The monoisotopic (exact) mass is 486 g/mol. The molecule has 0 aliphatic heterocycles. The third-order valence-electron chi connectivity index (χ3n) is 5.43. The van der Waals surface area contributed by atoms with Crippen molar-refractivity contribution in [1.82, 2.24) is 10.3 Å². The molecule has 8 nitrogen and oxygen atoms in total. The number of fused-ring (bicyclic) bond motifs is 1. The molecule has 184 valence electrons. The largest absolute Gasteiger partial charge is 0.490 e. The topological polar surface area (TPSA) is 125 Å². The highest BCUT2D eigenvalue weighted by Gasteiger charge is 2.20. The summed E-state index contributed by atoms with van der Waals surface area (Å²) in [5, 5.41) is 22.9. The van der Waals surface area contributed by atoms with E-state index >= 15 is 0 Å². The summed E-state index contributed by atoms with van der Waals surface area (Å²) in [5.74, 6) is 4.45. The SMILES string of the molecule is CC(C)Oc1ccc(C#Cc2ccc(C(=O)O)o2)cc1C(=O)N[C@@H](CO)Cc1c[nH]c2ccccc12. The summed E-state index contributed by atoms with van der Waals surface area (Å²) >= 11 is 0. The van der Waals surface area contributed by atoms with E-state index in [4.69, 9.17) is 14.3 Å². The van der Waals surface area contributed by atoms with Crippen molar-refractivity contribution >= 4 is 22.8 Å². The van der Waals surface area contributed by atoms with Gasteiger partial charge in [-0.15, -0.1) is 0 Å². The van der Waals surface area contributed by atoms with Gasteiger partial charge in [0.2, 0.25) is 5.76 Å². The van der Waals surface area contributed by atoms with Crippen molar-refractivity contribution in [2.24, 2.45) is 0 Å². The number of H-pyrrole nitrogens is 1. The predicted octanol–water partition coefficient (Wildman–Crippen LogP) is 3.98. The number of aliphatic hydroxyl groups is 1. The van der Waals surface area contributed by atoms with Gasteiger partial charge < -0.3 is 29.7 Å². The number of carboxylic acids is 1. The molecule has 4 N–H and O–H groups in total. The number of hydrogen-bond donors (Lipinski definition) is 4. The number of aromatic carboxylic acids is 1. The normalized spacial score (nSPS) is 11.7. The molecule has 0 spiro atoms. The average molecular weight is 487 g/mol. The van der Waals surface area contributed by atoms with Gasteiger partial charge in [-0.3, -0.25) is 4.79 Å². The van der Waals surface area contributed by atoms with Crippen LogP contribution >= 0.6 is 0 Å². The van der Waals surface area contributed by atoms with Crippen molar-refractivity contribution in [3.05, 3.63) is 89.0 Å². The van der Waals surface area contributed by atoms with E-state index in [1.54, 1.807) is 18.2 Å². The molecule has 0 saturated carbocycles. The number of hydrogen-bond acceptors (Lipinski definition) is 5. The van der Waals surface area contributed by atoms with Gasteiger partial charge in [0.05, 0.1) is 24.3 Å². The van der Waals surface area contributed by atoms with Crippen LogP contribution in [0.5, 0.6) is 5.75 Å². The minimum absolute atomic E-state index is 0.161. The maximum atomic E-state index is 13.3. The number of carbonyl (C=O) groups is 2. The molecular formula is C28H26N2O6. The van der Waals surface area contributed by atoms with Gasteiger partial charge >= 0.3 is 5.97 Å². The molecule has 2 heterocycles. The van der Waals surface area contributed by atoms with Crippen molar-refractivity contribution in [3.8, 4) is 17.6 Å². The van der Waals surface area contributed by atoms with Crippen LogP contribution in [0.25, 0.3) is 10.9 Å². The number of nitrogens with one attached hydrogen (secondary N) is 2. The van der Waals surface area contributed by atoms with Crippen LogP contribution in [0.2, 0.25) is 0 Å². The number of benzene rings is 2. The third kappa shape index (κ3) is 5.77. The lowest BCUT2D eigenvalue weighted by Crippen LogP contribution is -2.39. The van der Waals surface area contributed by atoms with Crippen LogP contribution in [-0.4, -0.2) is 45.8 Å². The fraction of sp³-hybridized carbons (Fsp3) is 0.214. The van der Waals surface area contributed by atoms with Gasteiger partial charge in [-0.05, 0) is 68.2 Å². The quantitative estimate of drug-likeness (QED) is 0.279. The Kier molecular flexibility index (Phi) is 7.42. The number of rotatable bonds is 8. The standard InChI is InChI=1S/C28H26N2O6/c1-17(2)35-25-11-8-18(7-9-21-10-12-26(36-21)28(33)34)13-23(25)27(32)30-20(16-31)14-19-15-29-24-6-4-3-5-22(19)24/h3-6,8,10-13,15,17,20,29,31H,14,16H2,1-2H3,(H,30,32)(H,33,34)/t20-/m1/s1. The van der Waals surface area contributed by atoms with Crippen LogP contribution < -0.4 is 10.1 Å². The number of furan rings is 1. The Morgan fingerprint density at radius 2 is 1.92 bits per heavy atom. The first-order chi connectivity index (χ1) is 17.3. The van der Waals surface area contributed by atoms with E-state index in [0.717, 1.165) is 16.5 Å². The summed E-state index contributed by atoms with van der Waals surface area (Å²) in [6.07, 6.45) is 2.16. The highest BCUT2D eigenvalue weighted by Crippen LogP contribution is 2.23. The predicted molar refractivity (Wildman–Crippen MR) is 134 cm³/mol. The zero-order chi connectivity index (χ0) is 25.7. The molecular weight excluding hydrogens is 460 g/mol. The summed E-state index contributed by atoms with van der Waals surface area (Å²) in [7, 11) is 0. The molecule has 4 rings (SSSR count). The fourth-order valence-electron chi connectivity index (χ4n) is 3.79. The Balaban J connectivity index is 1.57. The number of aromatic nitrogens is 1. The zero-order valence-electron chi connectivity index (χ0n) is 19.9. The maximum absolute atomic E-state index is 13.3. The van der Waals surface area contributed by atoms with Gasteiger partial charge in [-0.25, -0.2) is 4.79 Å². The molecule has 0 fully saturated rings. The Morgan fingerprint density at radius 3 is 2.64 bits per heavy atom. The molecule has 0 unspecified atom stereocenters. The minimum Gasteiger partial charge on any atom is -0.490 e. The van der Waals surface area contributed by atoms with E-state index in [-0.39, 0.29) is 29.8 Å². The number of para-hydroxylation sites is 1. The van der Waals surface area contributed by atoms with Crippen molar-refractivity contribution in [2.75, 3.05) is 6.61 Å². The Morgan fingerprint density at radius 1 is 1.11 bits per heavy atom. The summed E-state index contributed by atoms with van der Waals surface area (Å²) in [4.78, 5) is 27.5. The number of carboxylic acid groups (broad SMARTS) is 1. The van der Waals surface area contributed by atoms with E-state index in [1.165, 1.54) is 12.1 Å². The van der Waals surface area contributed by atoms with Gasteiger partial charge in [-0.1, -0.05) is 24.1 Å². The first-order valence-corrected chi connectivity index (χ1v) is 11.5. The molecule has 2 aromatic heterocycles. The van der Waals surface area contributed by atoms with E-state index in [2.05, 4.69) is 22.1 Å². The van der Waals surface area contributed by atoms with Gasteiger partial charge in [0.25, 0.3) is 5.91 Å². The maximum Gasteiger partial charge on any atom is 0.371 e. The third-order valence-corrected chi connectivity index (χ3v) is 5.43. The smallest absolute Gasteiger partial charge is 0.371 e. The number of amides is 1. The number of aromatic amines is 1. The molecule has 0 bridgehead atoms. The highest BCUT2D eigenvalue weighted by molar-refractivity contribution is 5.97. The van der Waals surface area contributed by atoms with Gasteiger partial charge in [0.15, 0.2) is 5.76 Å². The Labute approximate surface area is 207 Å². The van der Waals surface area contributed by atoms with Crippen LogP contribution in [0.15, 0.2) is 65.2 Å². The van der Waals surface area contributed by atoms with E-state index in [1.807, 2.05) is 44.3 Å². The van der Waals surface area contributed by atoms with Crippen molar-refractivity contribution in [3.63, 3.8) is 0 Å². The summed E-state index contributed by atoms with van der Waals surface area (Å²) < 4.78 is 11.0. The summed E-state index contributed by atoms with van der Waals surface area (Å²) in [6.45, 7) is 3.48. The molecule has 4 aromatic rings.